The first-order valence-corrected chi connectivity index (χ1v) is 7.83. The fraction of sp³-hybridized carbons (Fsp3) is 0.938. The first-order valence-electron chi connectivity index (χ1n) is 7.83. The molecule has 0 bridgehead atoms. The van der Waals surface area contributed by atoms with Gasteiger partial charge in [-0.3, -0.25) is 9.69 Å². The van der Waals surface area contributed by atoms with E-state index in [1.807, 2.05) is 0 Å². The lowest BCUT2D eigenvalue weighted by atomic mass is 9.80. The molecule has 0 aromatic rings. The smallest absolute Gasteiger partial charge is 0.149 e. The third-order valence-electron chi connectivity index (χ3n) is 5.11. The number of hydrogen-bond donors (Lipinski definition) is 0. The van der Waals surface area contributed by atoms with Crippen molar-refractivity contribution in [1.82, 2.24) is 4.90 Å². The van der Waals surface area contributed by atoms with Gasteiger partial charge in [-0.15, -0.1) is 0 Å². The SMILES string of the molecule is CC1CCC(C(=O)CN2CCC(C)CC2C)CC1. The van der Waals surface area contributed by atoms with E-state index in [0.717, 1.165) is 31.2 Å². The minimum Gasteiger partial charge on any atom is -0.298 e. The summed E-state index contributed by atoms with van der Waals surface area (Å²) in [5.41, 5.74) is 0. The summed E-state index contributed by atoms with van der Waals surface area (Å²) in [4.78, 5) is 14.8. The number of likely N-dealkylation sites (tertiary alicyclic amines) is 1. The second-order valence-corrected chi connectivity index (χ2v) is 6.87. The molecule has 0 aromatic heterocycles. The quantitative estimate of drug-likeness (QED) is 0.765. The number of carbonyl (C=O) groups excluding carboxylic acids is 1. The zero-order valence-corrected chi connectivity index (χ0v) is 12.3. The molecule has 0 spiro atoms. The Bertz CT molecular complexity index is 281. The molecule has 0 amide bonds. The van der Waals surface area contributed by atoms with Crippen LogP contribution in [0, 0.1) is 17.8 Å². The number of piperidine rings is 1. The van der Waals surface area contributed by atoms with E-state index < -0.39 is 0 Å². The predicted octanol–water partition coefficient (Wildman–Crippen LogP) is 3.50. The number of carbonyl (C=O) groups is 1. The topological polar surface area (TPSA) is 20.3 Å². The summed E-state index contributed by atoms with van der Waals surface area (Å²) < 4.78 is 0. The number of rotatable bonds is 3. The lowest BCUT2D eigenvalue weighted by Crippen LogP contribution is -2.44. The van der Waals surface area contributed by atoms with Gasteiger partial charge in [-0.25, -0.2) is 0 Å². The van der Waals surface area contributed by atoms with Crippen molar-refractivity contribution in [3.05, 3.63) is 0 Å². The third kappa shape index (κ3) is 3.57. The van der Waals surface area contributed by atoms with Crippen LogP contribution >= 0.6 is 0 Å². The molecule has 0 aromatic carbocycles. The standard InChI is InChI=1S/C16H29NO/c1-12-4-6-15(7-5-12)16(18)11-17-9-8-13(2)10-14(17)3/h12-15H,4-11H2,1-3H3. The van der Waals surface area contributed by atoms with Crippen LogP contribution in [0.4, 0.5) is 0 Å². The lowest BCUT2D eigenvalue weighted by Gasteiger charge is -2.37. The van der Waals surface area contributed by atoms with Gasteiger partial charge in [0.15, 0.2) is 0 Å². The van der Waals surface area contributed by atoms with Crippen LogP contribution in [0.5, 0.6) is 0 Å². The monoisotopic (exact) mass is 251 g/mol. The fourth-order valence-electron chi connectivity index (χ4n) is 3.60. The lowest BCUT2D eigenvalue weighted by molar-refractivity contribution is -0.126. The van der Waals surface area contributed by atoms with Crippen molar-refractivity contribution in [2.24, 2.45) is 17.8 Å². The first kappa shape index (κ1) is 14.0. The van der Waals surface area contributed by atoms with Crippen LogP contribution in [0.25, 0.3) is 0 Å². The van der Waals surface area contributed by atoms with Crippen molar-refractivity contribution < 1.29 is 4.79 Å². The molecule has 104 valence electrons. The van der Waals surface area contributed by atoms with Crippen LogP contribution in [0.15, 0.2) is 0 Å². The maximum absolute atomic E-state index is 12.4. The Kier molecular flexibility index (Phi) is 4.83. The summed E-state index contributed by atoms with van der Waals surface area (Å²) in [6, 6.07) is 0.597. The molecular weight excluding hydrogens is 222 g/mol. The Morgan fingerprint density at radius 2 is 1.67 bits per heavy atom. The summed E-state index contributed by atoms with van der Waals surface area (Å²) in [6.45, 7) is 8.77. The molecule has 2 fully saturated rings. The van der Waals surface area contributed by atoms with Gasteiger partial charge in [0, 0.05) is 12.0 Å². The van der Waals surface area contributed by atoms with Crippen LogP contribution < -0.4 is 0 Å². The zero-order valence-electron chi connectivity index (χ0n) is 12.3. The average molecular weight is 251 g/mol. The van der Waals surface area contributed by atoms with Crippen molar-refractivity contribution in [2.75, 3.05) is 13.1 Å². The van der Waals surface area contributed by atoms with E-state index in [0.29, 0.717) is 24.3 Å². The van der Waals surface area contributed by atoms with E-state index in [-0.39, 0.29) is 0 Å². The Morgan fingerprint density at radius 3 is 2.28 bits per heavy atom. The Labute approximate surface area is 112 Å². The van der Waals surface area contributed by atoms with Crippen molar-refractivity contribution in [2.45, 2.75) is 65.3 Å². The second kappa shape index (κ2) is 6.18. The van der Waals surface area contributed by atoms with Crippen LogP contribution in [0.1, 0.15) is 59.3 Å². The summed E-state index contributed by atoms with van der Waals surface area (Å²) in [7, 11) is 0. The molecule has 1 heterocycles. The van der Waals surface area contributed by atoms with E-state index in [4.69, 9.17) is 0 Å². The van der Waals surface area contributed by atoms with Crippen LogP contribution in [0.2, 0.25) is 0 Å². The number of Topliss-reactive ketones (excluding diaryl/α,β-unsaturated/α-hetero) is 1. The molecule has 2 unspecified atom stereocenters. The summed E-state index contributed by atoms with van der Waals surface area (Å²) in [6.07, 6.45) is 7.30. The van der Waals surface area contributed by atoms with Gasteiger partial charge in [0.2, 0.25) is 0 Å². The molecule has 2 rings (SSSR count). The van der Waals surface area contributed by atoms with Crippen molar-refractivity contribution >= 4 is 5.78 Å². The molecule has 2 heteroatoms. The molecule has 18 heavy (non-hydrogen) atoms. The molecule has 1 aliphatic heterocycles. The summed E-state index contributed by atoms with van der Waals surface area (Å²) in [5, 5.41) is 0. The third-order valence-corrected chi connectivity index (χ3v) is 5.11. The highest BCUT2D eigenvalue weighted by atomic mass is 16.1. The Morgan fingerprint density at radius 1 is 1.00 bits per heavy atom. The Hall–Kier alpha value is -0.370. The number of hydrogen-bond acceptors (Lipinski definition) is 2. The highest BCUT2D eigenvalue weighted by Gasteiger charge is 2.29. The van der Waals surface area contributed by atoms with Crippen LogP contribution in [0.3, 0.4) is 0 Å². The van der Waals surface area contributed by atoms with Crippen LogP contribution in [-0.4, -0.2) is 29.8 Å². The van der Waals surface area contributed by atoms with E-state index in [2.05, 4.69) is 25.7 Å². The minimum atomic E-state index is 0.368. The van der Waals surface area contributed by atoms with Crippen molar-refractivity contribution in [3.63, 3.8) is 0 Å². The molecular formula is C16H29NO. The average Bonchev–Trinajstić information content (AvgIpc) is 2.33. The number of ketones is 1. The zero-order chi connectivity index (χ0) is 13.1. The van der Waals surface area contributed by atoms with Gasteiger partial charge in [-0.1, -0.05) is 26.7 Å². The first-order chi connectivity index (χ1) is 8.56. The van der Waals surface area contributed by atoms with Gasteiger partial charge in [-0.05, 0) is 51.0 Å². The van der Waals surface area contributed by atoms with Gasteiger partial charge in [0.05, 0.1) is 6.54 Å². The molecule has 2 atom stereocenters. The van der Waals surface area contributed by atoms with E-state index in [1.54, 1.807) is 0 Å². The maximum atomic E-state index is 12.4. The van der Waals surface area contributed by atoms with E-state index in [9.17, 15) is 4.79 Å². The highest BCUT2D eigenvalue weighted by molar-refractivity contribution is 5.83. The minimum absolute atomic E-state index is 0.368. The van der Waals surface area contributed by atoms with Gasteiger partial charge in [0.25, 0.3) is 0 Å². The number of nitrogens with zero attached hydrogens (tertiary/aromatic N) is 1. The Balaban J connectivity index is 1.80. The fourth-order valence-corrected chi connectivity index (χ4v) is 3.60. The highest BCUT2D eigenvalue weighted by Crippen LogP contribution is 2.30. The predicted molar refractivity (Wildman–Crippen MR) is 75.6 cm³/mol. The normalized spacial score (nSPS) is 38.6. The van der Waals surface area contributed by atoms with Crippen LogP contribution in [-0.2, 0) is 4.79 Å². The van der Waals surface area contributed by atoms with Crippen molar-refractivity contribution in [3.8, 4) is 0 Å². The molecule has 1 saturated heterocycles. The molecule has 1 saturated carbocycles. The molecule has 0 N–H and O–H groups in total. The van der Waals surface area contributed by atoms with Gasteiger partial charge in [-0.2, -0.15) is 0 Å². The van der Waals surface area contributed by atoms with Gasteiger partial charge < -0.3 is 0 Å². The molecule has 2 nitrogen and oxygen atoms in total. The van der Waals surface area contributed by atoms with E-state index in [1.165, 1.54) is 25.7 Å². The maximum Gasteiger partial charge on any atom is 0.149 e. The summed E-state index contributed by atoms with van der Waals surface area (Å²) in [5.74, 6) is 2.56. The molecule has 2 aliphatic rings. The largest absolute Gasteiger partial charge is 0.298 e. The van der Waals surface area contributed by atoms with Crippen molar-refractivity contribution in [1.29, 1.82) is 0 Å². The van der Waals surface area contributed by atoms with Gasteiger partial charge >= 0.3 is 0 Å². The molecule has 0 radical (unpaired) electrons. The second-order valence-electron chi connectivity index (χ2n) is 6.87. The van der Waals surface area contributed by atoms with E-state index >= 15 is 0 Å². The summed E-state index contributed by atoms with van der Waals surface area (Å²) >= 11 is 0. The molecule has 1 aliphatic carbocycles. The van der Waals surface area contributed by atoms with Gasteiger partial charge in [0.1, 0.15) is 5.78 Å².